The first-order valence-electron chi connectivity index (χ1n) is 9.22. The van der Waals surface area contributed by atoms with Crippen LogP contribution < -0.4 is 10.1 Å². The molecule has 0 fully saturated rings. The molecule has 0 spiro atoms. The van der Waals surface area contributed by atoms with E-state index in [0.717, 1.165) is 5.56 Å². The van der Waals surface area contributed by atoms with E-state index in [-0.39, 0.29) is 18.0 Å². The molecule has 0 atom stereocenters. The van der Waals surface area contributed by atoms with Gasteiger partial charge in [-0.05, 0) is 91.9 Å². The lowest BCUT2D eigenvalue weighted by atomic mass is 10.1. The zero-order chi connectivity index (χ0) is 22.4. The average molecular weight is 544 g/mol. The molecule has 3 aromatic rings. The molecule has 0 aliphatic heterocycles. The second kappa shape index (κ2) is 10.4. The first kappa shape index (κ1) is 22.7. The van der Waals surface area contributed by atoms with Gasteiger partial charge in [-0.2, -0.15) is 5.26 Å². The predicted molar refractivity (Wildman–Crippen MR) is 126 cm³/mol. The van der Waals surface area contributed by atoms with Gasteiger partial charge in [-0.1, -0.05) is 30.3 Å². The summed E-state index contributed by atoms with van der Waals surface area (Å²) >= 11 is 6.91. The van der Waals surface area contributed by atoms with Crippen LogP contribution in [0.5, 0.6) is 5.75 Å². The minimum absolute atomic E-state index is 0.0320. The maximum absolute atomic E-state index is 13.3. The van der Waals surface area contributed by atoms with Crippen LogP contribution in [0.4, 0.5) is 10.1 Å². The average Bonchev–Trinajstić information content (AvgIpc) is 2.73. The number of nitrogens with one attached hydrogen (secondary N) is 1. The summed E-state index contributed by atoms with van der Waals surface area (Å²) in [5.74, 6) is -0.285. The lowest BCUT2D eigenvalue weighted by Crippen LogP contribution is -2.14. The van der Waals surface area contributed by atoms with Gasteiger partial charge in [0.25, 0.3) is 5.91 Å². The lowest BCUT2D eigenvalue weighted by Gasteiger charge is -2.12. The second-order valence-electron chi connectivity index (χ2n) is 6.67. The van der Waals surface area contributed by atoms with Crippen molar-refractivity contribution in [3.05, 3.63) is 97.7 Å². The maximum atomic E-state index is 13.3. The molecule has 7 heteroatoms. The summed E-state index contributed by atoms with van der Waals surface area (Å²) in [6.45, 7) is 2.06. The Hall–Kier alpha value is -2.95. The fourth-order valence-electron chi connectivity index (χ4n) is 2.80. The van der Waals surface area contributed by atoms with E-state index in [9.17, 15) is 14.4 Å². The summed E-state index contributed by atoms with van der Waals surface area (Å²) in [4.78, 5) is 12.5. The number of rotatable bonds is 6. The van der Waals surface area contributed by atoms with Crippen LogP contribution in [0.15, 0.2) is 75.2 Å². The second-order valence-corrected chi connectivity index (χ2v) is 8.38. The van der Waals surface area contributed by atoms with Gasteiger partial charge >= 0.3 is 0 Å². The van der Waals surface area contributed by atoms with Gasteiger partial charge < -0.3 is 10.1 Å². The Balaban J connectivity index is 1.78. The number of amides is 1. The molecule has 4 nitrogen and oxygen atoms in total. The third-order valence-electron chi connectivity index (χ3n) is 4.36. The van der Waals surface area contributed by atoms with Gasteiger partial charge in [0, 0.05) is 5.69 Å². The number of aryl methyl sites for hydroxylation is 1. The molecule has 0 saturated heterocycles. The fraction of sp³-hybridized carbons (Fsp3) is 0.0833. The van der Waals surface area contributed by atoms with Crippen molar-refractivity contribution in [2.45, 2.75) is 13.5 Å². The lowest BCUT2D eigenvalue weighted by molar-refractivity contribution is -0.112. The van der Waals surface area contributed by atoms with E-state index >= 15 is 0 Å². The molecule has 156 valence electrons. The highest BCUT2D eigenvalue weighted by atomic mass is 79.9. The molecule has 31 heavy (non-hydrogen) atoms. The largest absolute Gasteiger partial charge is 0.487 e. The van der Waals surface area contributed by atoms with Gasteiger partial charge in [-0.15, -0.1) is 0 Å². The van der Waals surface area contributed by atoms with E-state index in [2.05, 4.69) is 37.2 Å². The smallest absolute Gasteiger partial charge is 0.266 e. The fourth-order valence-corrected chi connectivity index (χ4v) is 4.25. The standard InChI is InChI=1S/C24H17Br2FN2O2/c1-15-5-2-3-8-22(15)29-24(30)18(13-28)9-17-11-20(25)23(21(26)12-17)31-14-16-6-4-7-19(27)10-16/h2-12H,14H2,1H3,(H,29,30)/b18-9-. The molecule has 0 aliphatic carbocycles. The van der Waals surface area contributed by atoms with Crippen molar-refractivity contribution in [1.29, 1.82) is 5.26 Å². The zero-order valence-electron chi connectivity index (χ0n) is 16.5. The number of benzene rings is 3. The van der Waals surface area contributed by atoms with Gasteiger partial charge in [0.15, 0.2) is 0 Å². The Morgan fingerprint density at radius 1 is 1.13 bits per heavy atom. The number of halogens is 3. The molecule has 0 bridgehead atoms. The normalized spacial score (nSPS) is 11.0. The minimum Gasteiger partial charge on any atom is -0.487 e. The molecule has 3 aromatic carbocycles. The molecule has 0 saturated carbocycles. The van der Waals surface area contributed by atoms with E-state index in [1.54, 1.807) is 30.3 Å². The molecular formula is C24H17Br2FN2O2. The van der Waals surface area contributed by atoms with Crippen molar-refractivity contribution < 1.29 is 13.9 Å². The molecule has 0 aromatic heterocycles. The summed E-state index contributed by atoms with van der Waals surface area (Å²) in [5.41, 5.74) is 2.85. The molecular weight excluding hydrogens is 527 g/mol. The van der Waals surface area contributed by atoms with E-state index in [0.29, 0.717) is 31.5 Å². The van der Waals surface area contributed by atoms with Gasteiger partial charge in [-0.3, -0.25) is 4.79 Å². The van der Waals surface area contributed by atoms with Crippen LogP contribution in [0.25, 0.3) is 6.08 Å². The SMILES string of the molecule is Cc1ccccc1NC(=O)/C(C#N)=C\c1cc(Br)c(OCc2cccc(F)c2)c(Br)c1. The molecule has 3 rings (SSSR count). The predicted octanol–water partition coefficient (Wildman–Crippen LogP) is 6.78. The Kier molecular flexibility index (Phi) is 7.61. The molecule has 0 radical (unpaired) electrons. The highest BCUT2D eigenvalue weighted by molar-refractivity contribution is 9.11. The topological polar surface area (TPSA) is 62.1 Å². The van der Waals surface area contributed by atoms with E-state index < -0.39 is 5.91 Å². The first-order chi connectivity index (χ1) is 14.9. The molecule has 0 unspecified atom stereocenters. The highest BCUT2D eigenvalue weighted by Crippen LogP contribution is 2.36. The van der Waals surface area contributed by atoms with Crippen LogP contribution in [0.3, 0.4) is 0 Å². The van der Waals surface area contributed by atoms with Gasteiger partial charge in [0.1, 0.15) is 29.8 Å². The number of hydrogen-bond donors (Lipinski definition) is 1. The van der Waals surface area contributed by atoms with Crippen molar-refractivity contribution in [2.75, 3.05) is 5.32 Å². The monoisotopic (exact) mass is 542 g/mol. The quantitative estimate of drug-likeness (QED) is 0.275. The van der Waals surface area contributed by atoms with Crippen molar-refractivity contribution in [1.82, 2.24) is 0 Å². The van der Waals surface area contributed by atoms with Crippen LogP contribution in [0.1, 0.15) is 16.7 Å². The van der Waals surface area contributed by atoms with Crippen LogP contribution >= 0.6 is 31.9 Å². The number of hydrogen-bond acceptors (Lipinski definition) is 3. The molecule has 0 aliphatic rings. The van der Waals surface area contributed by atoms with Gasteiger partial charge in [-0.25, -0.2) is 4.39 Å². The van der Waals surface area contributed by atoms with Crippen LogP contribution in [-0.4, -0.2) is 5.91 Å². The van der Waals surface area contributed by atoms with E-state index in [1.807, 2.05) is 31.2 Å². The van der Waals surface area contributed by atoms with Crippen molar-refractivity contribution in [3.8, 4) is 11.8 Å². The Labute approximate surface area is 196 Å². The summed E-state index contributed by atoms with van der Waals surface area (Å²) in [5, 5.41) is 12.2. The summed E-state index contributed by atoms with van der Waals surface area (Å²) in [7, 11) is 0. The maximum Gasteiger partial charge on any atom is 0.266 e. The van der Waals surface area contributed by atoms with Gasteiger partial charge in [0.2, 0.25) is 0 Å². The number of nitrogens with zero attached hydrogens (tertiary/aromatic N) is 1. The highest BCUT2D eigenvalue weighted by Gasteiger charge is 2.13. The van der Waals surface area contributed by atoms with E-state index in [4.69, 9.17) is 4.74 Å². The van der Waals surface area contributed by atoms with Crippen LogP contribution in [0.2, 0.25) is 0 Å². The summed E-state index contributed by atoms with van der Waals surface area (Å²) in [6.07, 6.45) is 1.50. The number of anilines is 1. The van der Waals surface area contributed by atoms with Gasteiger partial charge in [0.05, 0.1) is 8.95 Å². The minimum atomic E-state index is -0.490. The number of ether oxygens (including phenoxy) is 1. The Bertz CT molecular complexity index is 1180. The third-order valence-corrected chi connectivity index (χ3v) is 5.54. The number of nitriles is 1. The van der Waals surface area contributed by atoms with E-state index in [1.165, 1.54) is 18.2 Å². The van der Waals surface area contributed by atoms with Crippen LogP contribution in [0, 0.1) is 24.1 Å². The first-order valence-corrected chi connectivity index (χ1v) is 10.8. The van der Waals surface area contributed by atoms with Crippen molar-refractivity contribution >= 4 is 49.5 Å². The number of carbonyl (C=O) groups excluding carboxylic acids is 1. The van der Waals surface area contributed by atoms with Crippen LogP contribution in [-0.2, 0) is 11.4 Å². The summed E-state index contributed by atoms with van der Waals surface area (Å²) < 4.78 is 20.4. The molecule has 1 amide bonds. The third kappa shape index (κ3) is 6.03. The molecule has 1 N–H and O–H groups in total. The van der Waals surface area contributed by atoms with Crippen molar-refractivity contribution in [2.24, 2.45) is 0 Å². The molecule has 0 heterocycles. The number of carbonyl (C=O) groups is 1. The number of para-hydroxylation sites is 1. The zero-order valence-corrected chi connectivity index (χ0v) is 19.6. The Morgan fingerprint density at radius 2 is 1.84 bits per heavy atom. The Morgan fingerprint density at radius 3 is 2.48 bits per heavy atom. The van der Waals surface area contributed by atoms with Crippen molar-refractivity contribution in [3.63, 3.8) is 0 Å². The summed E-state index contributed by atoms with van der Waals surface area (Å²) in [6, 6.07) is 18.9.